The van der Waals surface area contributed by atoms with E-state index in [2.05, 4.69) is 77.8 Å². The lowest BCUT2D eigenvalue weighted by Gasteiger charge is -2.58. The molecule has 4 N–H and O–H groups in total. The fourth-order valence-corrected chi connectivity index (χ4v) is 12.9. The van der Waals surface area contributed by atoms with E-state index < -0.39 is 42.9 Å². The number of hydrogen-bond donors (Lipinski definition) is 4. The number of aliphatic hydroxyl groups is 1. The minimum absolute atomic E-state index is 0.0141. The van der Waals surface area contributed by atoms with E-state index in [1.165, 1.54) is 30.4 Å². The molecule has 3 aromatic heterocycles. The molecular weight excluding hydrogens is 986 g/mol. The third-order valence-electron chi connectivity index (χ3n) is 16.3. The maximum absolute atomic E-state index is 14.9. The highest BCUT2D eigenvalue weighted by Gasteiger charge is 2.50. The van der Waals surface area contributed by atoms with Gasteiger partial charge in [0.15, 0.2) is 5.75 Å². The van der Waals surface area contributed by atoms with Crippen LogP contribution in [0.3, 0.4) is 0 Å². The smallest absolute Gasteiger partial charge is 0.312 e. The van der Waals surface area contributed by atoms with Gasteiger partial charge in [0, 0.05) is 88.0 Å². The summed E-state index contributed by atoms with van der Waals surface area (Å²) >= 11 is 0. The van der Waals surface area contributed by atoms with Crippen LogP contribution in [0.5, 0.6) is 17.4 Å². The van der Waals surface area contributed by atoms with Crippen LogP contribution in [0.4, 0.5) is 21.6 Å². The summed E-state index contributed by atoms with van der Waals surface area (Å²) in [5.41, 5.74) is 2.38. The van der Waals surface area contributed by atoms with E-state index >= 15 is 0 Å². The predicted octanol–water partition coefficient (Wildman–Crippen LogP) is 7.92. The number of ether oxygens (including phenoxy) is 4. The number of nitrogens with one attached hydrogen (secondary N) is 3. The fourth-order valence-electron chi connectivity index (χ4n) is 12.0. The van der Waals surface area contributed by atoms with Gasteiger partial charge in [0.2, 0.25) is 5.82 Å². The van der Waals surface area contributed by atoms with Crippen LogP contribution in [-0.4, -0.2) is 140 Å². The number of nitrogens with zero attached hydrogens (tertiary/aromatic N) is 6. The maximum atomic E-state index is 14.9. The second-order valence-electron chi connectivity index (χ2n) is 21.8. The normalized spacial score (nSPS) is 23.8. The Balaban J connectivity index is 0.855. The van der Waals surface area contributed by atoms with Gasteiger partial charge < -0.3 is 39.3 Å². The molecule has 402 valence electrons. The maximum Gasteiger partial charge on any atom is 0.312 e. The lowest BCUT2D eigenvalue weighted by molar-refractivity contribution is -0.384. The van der Waals surface area contributed by atoms with Crippen LogP contribution in [-0.2, 0) is 19.5 Å². The number of benzene rings is 2. The summed E-state index contributed by atoms with van der Waals surface area (Å²) in [5, 5.41) is 25.7. The van der Waals surface area contributed by atoms with E-state index in [-0.39, 0.29) is 63.3 Å². The van der Waals surface area contributed by atoms with E-state index in [9.17, 15) is 32.8 Å². The van der Waals surface area contributed by atoms with E-state index in [0.717, 1.165) is 89.1 Å². The van der Waals surface area contributed by atoms with Gasteiger partial charge in [0.1, 0.15) is 22.1 Å². The Hall–Kier alpha value is -5.97. The van der Waals surface area contributed by atoms with Gasteiger partial charge in [-0.3, -0.25) is 24.7 Å². The Morgan fingerprint density at radius 2 is 1.81 bits per heavy atom. The summed E-state index contributed by atoms with van der Waals surface area (Å²) in [5.74, 6) is -1.35. The van der Waals surface area contributed by atoms with E-state index in [4.69, 9.17) is 18.9 Å². The number of aromatic nitrogens is 3. The lowest BCUT2D eigenvalue weighted by atomic mass is 9.59. The number of sulfonamides is 1. The van der Waals surface area contributed by atoms with Gasteiger partial charge in [-0.1, -0.05) is 38.1 Å². The first-order valence-corrected chi connectivity index (χ1v) is 27.7. The molecule has 19 nitrogen and oxygen atoms in total. The van der Waals surface area contributed by atoms with Crippen molar-refractivity contribution < 1.29 is 46.6 Å². The number of H-pyrrole nitrogens is 1. The minimum Gasteiger partial charge on any atom is -0.478 e. The van der Waals surface area contributed by atoms with Crippen molar-refractivity contribution >= 4 is 44.2 Å². The Labute approximate surface area is 436 Å². The average Bonchev–Trinajstić information content (AvgIpc) is 3.78. The van der Waals surface area contributed by atoms with Gasteiger partial charge in [-0.25, -0.2) is 22.5 Å². The largest absolute Gasteiger partial charge is 0.478 e. The average molecular weight is 1050 g/mol. The Morgan fingerprint density at radius 1 is 1.04 bits per heavy atom. The van der Waals surface area contributed by atoms with E-state index in [1.807, 2.05) is 0 Å². The number of fused-ring (bicyclic) bond motifs is 1. The molecule has 5 aliphatic rings. The van der Waals surface area contributed by atoms with E-state index in [1.54, 1.807) is 19.1 Å². The molecule has 3 saturated heterocycles. The molecule has 2 saturated carbocycles. The van der Waals surface area contributed by atoms with Crippen molar-refractivity contribution in [1.82, 2.24) is 29.5 Å². The molecular formula is C54H68FN9O10S. The zero-order valence-electron chi connectivity index (χ0n) is 43.1. The molecule has 0 bridgehead atoms. The number of carbonyl (C=O) groups excluding carboxylic acids is 1. The molecule has 3 aliphatic heterocycles. The third-order valence-corrected chi connectivity index (χ3v) is 17.6. The molecule has 1 amide bonds. The SMILES string of the molecule is COc1nc2[nH]cc(F)c2cc1Oc1cc(N2CCC3(CC2)CC(N2CCN(C[C@H]4COCCO4)C[C@H]2c2ccccc2C(C)C)C3)ccc1C(=O)NS(=O)(=O)c1cnc(NCC2CCC(C)(O)CC2)c([N+](=O)[O-])c1. The van der Waals surface area contributed by atoms with Gasteiger partial charge >= 0.3 is 5.69 Å². The lowest BCUT2D eigenvalue weighted by Crippen LogP contribution is -2.60. The van der Waals surface area contributed by atoms with Crippen molar-refractivity contribution in [3.8, 4) is 17.4 Å². The molecule has 2 atom stereocenters. The van der Waals surface area contributed by atoms with Crippen LogP contribution in [0, 0.1) is 27.3 Å². The molecule has 75 heavy (non-hydrogen) atoms. The summed E-state index contributed by atoms with van der Waals surface area (Å²) in [6.45, 7) is 13.8. The highest BCUT2D eigenvalue weighted by Crippen LogP contribution is 2.53. The zero-order chi connectivity index (χ0) is 52.6. The van der Waals surface area contributed by atoms with Crippen LogP contribution >= 0.6 is 0 Å². The molecule has 5 aromatic rings. The summed E-state index contributed by atoms with van der Waals surface area (Å²) in [6.07, 6.45) is 8.88. The van der Waals surface area contributed by atoms with Gasteiger partial charge in [-0.05, 0) is 98.8 Å². The van der Waals surface area contributed by atoms with Crippen LogP contribution < -0.4 is 24.4 Å². The topological polar surface area (TPSA) is 227 Å². The fraction of sp³-hybridized carbons (Fsp3) is 0.537. The van der Waals surface area contributed by atoms with E-state index in [0.29, 0.717) is 64.0 Å². The Morgan fingerprint density at radius 3 is 2.53 bits per heavy atom. The van der Waals surface area contributed by atoms with Crippen molar-refractivity contribution in [2.24, 2.45) is 11.3 Å². The van der Waals surface area contributed by atoms with Gasteiger partial charge in [-0.2, -0.15) is 4.98 Å². The van der Waals surface area contributed by atoms with Crippen LogP contribution in [0.25, 0.3) is 11.0 Å². The number of anilines is 2. The first-order valence-electron chi connectivity index (χ1n) is 26.2. The van der Waals surface area contributed by atoms with Crippen LogP contribution in [0.2, 0.25) is 0 Å². The van der Waals surface area contributed by atoms with Crippen molar-refractivity contribution in [3.05, 3.63) is 99.6 Å². The van der Waals surface area contributed by atoms with Gasteiger partial charge in [0.25, 0.3) is 21.8 Å². The van der Waals surface area contributed by atoms with Crippen molar-refractivity contribution in [1.29, 1.82) is 0 Å². The number of piperidine rings is 1. The number of aromatic amines is 1. The molecule has 2 aliphatic carbocycles. The van der Waals surface area contributed by atoms with Crippen molar-refractivity contribution in [3.63, 3.8) is 0 Å². The number of halogens is 1. The van der Waals surface area contributed by atoms with Crippen LogP contribution in [0.1, 0.15) is 106 Å². The highest BCUT2D eigenvalue weighted by molar-refractivity contribution is 7.90. The number of amides is 1. The Bertz CT molecular complexity index is 3000. The number of methoxy groups -OCH3 is 1. The number of carbonyl (C=O) groups is 1. The first kappa shape index (κ1) is 52.5. The second kappa shape index (κ2) is 21.6. The number of hydrogen-bond acceptors (Lipinski definition) is 16. The highest BCUT2D eigenvalue weighted by atomic mass is 32.2. The standard InChI is InChI=1S/C54H68FN9O10S/c1-34(2)40-7-5-6-8-41(40)46-32-61(31-38-33-72-21-22-73-38)19-20-63(46)37-26-54(27-37)15-17-62(18-16-54)36-9-10-42(47(23-36)74-48-25-43-44(55)30-58-49(43)59-52(48)71-4)51(65)60-75(69,70)39-24-45(64(67)68)50(57-29-39)56-28-35-11-13-53(3,66)14-12-35/h5-10,23-25,29-30,34-35,37-38,46,66H,11-22,26-28,31-33H2,1-4H3,(H,56,57)(H,58,59)(H,60,65)/t35?,38-,46-,53?/m0/s1. The quantitative estimate of drug-likeness (QED) is 0.0544. The zero-order valence-corrected chi connectivity index (χ0v) is 43.9. The monoisotopic (exact) mass is 1050 g/mol. The minimum atomic E-state index is -4.74. The van der Waals surface area contributed by atoms with Crippen LogP contribution in [0.15, 0.2) is 71.9 Å². The van der Waals surface area contributed by atoms with Gasteiger partial charge in [-0.15, -0.1) is 0 Å². The predicted molar refractivity (Wildman–Crippen MR) is 280 cm³/mol. The number of pyridine rings is 2. The summed E-state index contributed by atoms with van der Waals surface area (Å²) in [4.78, 5) is 43.8. The summed E-state index contributed by atoms with van der Waals surface area (Å²) in [7, 11) is -3.37. The Kier molecular flexibility index (Phi) is 15.1. The molecule has 0 radical (unpaired) electrons. The molecule has 2 aromatic carbocycles. The third kappa shape index (κ3) is 11.4. The van der Waals surface area contributed by atoms with Gasteiger partial charge in [0.05, 0.1) is 60.7 Å². The molecule has 21 heteroatoms. The number of piperazine rings is 1. The van der Waals surface area contributed by atoms with Crippen molar-refractivity contribution in [2.45, 2.75) is 107 Å². The molecule has 1 spiro atoms. The molecule has 6 heterocycles. The molecule has 10 rings (SSSR count). The second-order valence-corrected chi connectivity index (χ2v) is 23.5. The number of rotatable bonds is 16. The summed E-state index contributed by atoms with van der Waals surface area (Å²) < 4.78 is 68.4. The number of nitro groups is 1. The van der Waals surface area contributed by atoms with Crippen molar-refractivity contribution in [2.75, 3.05) is 83.0 Å². The molecule has 5 fully saturated rings. The first-order chi connectivity index (χ1) is 36.0. The molecule has 0 unspecified atom stereocenters. The summed E-state index contributed by atoms with van der Waals surface area (Å²) in [6, 6.07) is 16.7.